The van der Waals surface area contributed by atoms with Crippen molar-refractivity contribution in [2.45, 2.75) is 31.3 Å². The van der Waals surface area contributed by atoms with Crippen LogP contribution >= 0.6 is 11.8 Å². The molecule has 0 radical (unpaired) electrons. The molecule has 7 heteroatoms. The molecule has 0 spiro atoms. The van der Waals surface area contributed by atoms with Crippen LogP contribution in [0.1, 0.15) is 17.7 Å². The van der Waals surface area contributed by atoms with E-state index >= 15 is 0 Å². The summed E-state index contributed by atoms with van der Waals surface area (Å²) in [5.41, 5.74) is 7.23. The SMILES string of the molecule is CSCC(Cc1ccc(F)cc1F)NC(=O)C(N)CCc1ccccn1. The fraction of sp³-hybridized carbons (Fsp3) is 0.368. The number of halogens is 2. The van der Waals surface area contributed by atoms with Crippen LogP contribution in [0.5, 0.6) is 0 Å². The number of benzene rings is 1. The van der Waals surface area contributed by atoms with E-state index in [1.165, 1.54) is 23.9 Å². The molecule has 0 aliphatic heterocycles. The van der Waals surface area contributed by atoms with Gasteiger partial charge in [-0.2, -0.15) is 11.8 Å². The second-order valence-corrected chi connectivity index (χ2v) is 6.98. The molecule has 1 aromatic carbocycles. The molecule has 3 N–H and O–H groups in total. The number of carbonyl (C=O) groups is 1. The van der Waals surface area contributed by atoms with Crippen LogP contribution in [0.3, 0.4) is 0 Å². The van der Waals surface area contributed by atoms with Crippen molar-refractivity contribution in [3.8, 4) is 0 Å². The summed E-state index contributed by atoms with van der Waals surface area (Å²) in [5, 5.41) is 2.88. The van der Waals surface area contributed by atoms with Crippen LogP contribution in [-0.2, 0) is 17.6 Å². The second-order valence-electron chi connectivity index (χ2n) is 6.07. The Bertz CT molecular complexity index is 715. The Morgan fingerprint density at radius 1 is 1.31 bits per heavy atom. The van der Waals surface area contributed by atoms with Gasteiger partial charge in [0, 0.05) is 29.8 Å². The molecule has 0 aliphatic carbocycles. The first-order chi connectivity index (χ1) is 12.5. The number of rotatable bonds is 9. The van der Waals surface area contributed by atoms with Gasteiger partial charge in [-0.05, 0) is 49.3 Å². The van der Waals surface area contributed by atoms with E-state index in [1.807, 2.05) is 24.5 Å². The average Bonchev–Trinajstić information content (AvgIpc) is 2.63. The van der Waals surface area contributed by atoms with Crippen LogP contribution in [0, 0.1) is 11.6 Å². The van der Waals surface area contributed by atoms with E-state index in [0.717, 1.165) is 11.8 Å². The van der Waals surface area contributed by atoms with Gasteiger partial charge in [-0.25, -0.2) is 8.78 Å². The zero-order chi connectivity index (χ0) is 18.9. The Hall–Kier alpha value is -1.99. The third-order valence-corrected chi connectivity index (χ3v) is 4.71. The van der Waals surface area contributed by atoms with Crippen LogP contribution in [0.2, 0.25) is 0 Å². The van der Waals surface area contributed by atoms with Gasteiger partial charge in [-0.3, -0.25) is 9.78 Å². The van der Waals surface area contributed by atoms with Gasteiger partial charge in [0.15, 0.2) is 0 Å². The molecular weight excluding hydrogens is 356 g/mol. The summed E-state index contributed by atoms with van der Waals surface area (Å²) in [5.74, 6) is -0.893. The topological polar surface area (TPSA) is 68.0 Å². The third kappa shape index (κ3) is 6.38. The molecule has 0 fully saturated rings. The summed E-state index contributed by atoms with van der Waals surface area (Å²) < 4.78 is 26.9. The van der Waals surface area contributed by atoms with Gasteiger partial charge in [0.25, 0.3) is 0 Å². The first-order valence-corrected chi connectivity index (χ1v) is 9.77. The van der Waals surface area contributed by atoms with Crippen LogP contribution < -0.4 is 11.1 Å². The van der Waals surface area contributed by atoms with Gasteiger partial charge >= 0.3 is 0 Å². The molecule has 2 rings (SSSR count). The largest absolute Gasteiger partial charge is 0.351 e. The monoisotopic (exact) mass is 379 g/mol. The van der Waals surface area contributed by atoms with Gasteiger partial charge in [0.2, 0.25) is 5.91 Å². The summed E-state index contributed by atoms with van der Waals surface area (Å²) in [4.78, 5) is 16.6. The number of nitrogens with zero attached hydrogens (tertiary/aromatic N) is 1. The zero-order valence-electron chi connectivity index (χ0n) is 14.6. The Labute approximate surface area is 156 Å². The van der Waals surface area contributed by atoms with Crippen molar-refractivity contribution in [3.63, 3.8) is 0 Å². The van der Waals surface area contributed by atoms with Gasteiger partial charge in [0.05, 0.1) is 6.04 Å². The standard InChI is InChI=1S/C19H23F2N3OS/c1-26-12-16(10-13-5-6-14(20)11-17(13)21)24-19(25)18(22)8-7-15-4-2-3-9-23-15/h2-6,9,11,16,18H,7-8,10,12,22H2,1H3,(H,24,25). The highest BCUT2D eigenvalue weighted by Gasteiger charge is 2.19. The lowest BCUT2D eigenvalue weighted by Gasteiger charge is -2.21. The fourth-order valence-corrected chi connectivity index (χ4v) is 3.20. The molecule has 2 unspecified atom stereocenters. The predicted octanol–water partition coefficient (Wildman–Crippen LogP) is 2.71. The number of amides is 1. The smallest absolute Gasteiger partial charge is 0.237 e. The van der Waals surface area contributed by atoms with Crippen molar-refractivity contribution in [1.29, 1.82) is 0 Å². The van der Waals surface area contributed by atoms with Crippen molar-refractivity contribution in [1.82, 2.24) is 10.3 Å². The van der Waals surface area contributed by atoms with Crippen molar-refractivity contribution in [3.05, 3.63) is 65.5 Å². The molecule has 0 saturated heterocycles. The molecular formula is C19H23F2N3OS. The lowest BCUT2D eigenvalue weighted by molar-refractivity contribution is -0.123. The minimum absolute atomic E-state index is 0.275. The third-order valence-electron chi connectivity index (χ3n) is 3.97. The van der Waals surface area contributed by atoms with Crippen LogP contribution in [0.15, 0.2) is 42.6 Å². The summed E-state index contributed by atoms with van der Waals surface area (Å²) in [6.45, 7) is 0. The number of carbonyl (C=O) groups excluding carboxylic acids is 1. The van der Waals surface area contributed by atoms with E-state index in [0.29, 0.717) is 24.2 Å². The number of thioether (sulfide) groups is 1. The molecule has 0 saturated carbocycles. The summed E-state index contributed by atoms with van der Waals surface area (Å²) in [6.07, 6.45) is 4.97. The number of nitrogens with one attached hydrogen (secondary N) is 1. The molecule has 1 aromatic heterocycles. The lowest BCUT2D eigenvalue weighted by atomic mass is 10.0. The summed E-state index contributed by atoms with van der Waals surface area (Å²) in [7, 11) is 0. The maximum absolute atomic E-state index is 13.9. The summed E-state index contributed by atoms with van der Waals surface area (Å²) in [6, 6.07) is 8.14. The highest BCUT2D eigenvalue weighted by atomic mass is 32.2. The van der Waals surface area contributed by atoms with Gasteiger partial charge < -0.3 is 11.1 Å². The second kappa shape index (κ2) is 10.2. The van der Waals surface area contributed by atoms with Crippen molar-refractivity contribution in [2.75, 3.05) is 12.0 Å². The van der Waals surface area contributed by atoms with Gasteiger partial charge in [0.1, 0.15) is 11.6 Å². The first kappa shape index (κ1) is 20.3. The van der Waals surface area contributed by atoms with Crippen molar-refractivity contribution in [2.24, 2.45) is 5.73 Å². The molecule has 0 aliphatic rings. The Balaban J connectivity index is 1.91. The number of pyridine rings is 1. The molecule has 1 amide bonds. The average molecular weight is 379 g/mol. The van der Waals surface area contributed by atoms with Crippen molar-refractivity contribution < 1.29 is 13.6 Å². The van der Waals surface area contributed by atoms with Gasteiger partial charge in [-0.15, -0.1) is 0 Å². The Morgan fingerprint density at radius 2 is 2.12 bits per heavy atom. The van der Waals surface area contributed by atoms with Crippen molar-refractivity contribution >= 4 is 17.7 Å². The maximum atomic E-state index is 13.9. The number of hydrogen-bond acceptors (Lipinski definition) is 4. The molecule has 2 atom stereocenters. The van der Waals surface area contributed by atoms with Crippen LogP contribution in [0.4, 0.5) is 8.78 Å². The van der Waals surface area contributed by atoms with E-state index in [4.69, 9.17) is 5.73 Å². The quantitative estimate of drug-likeness (QED) is 0.703. The van der Waals surface area contributed by atoms with E-state index in [1.54, 1.807) is 6.20 Å². The minimum Gasteiger partial charge on any atom is -0.351 e. The molecule has 4 nitrogen and oxygen atoms in total. The summed E-state index contributed by atoms with van der Waals surface area (Å²) >= 11 is 1.54. The molecule has 2 aromatic rings. The maximum Gasteiger partial charge on any atom is 0.237 e. The molecule has 1 heterocycles. The predicted molar refractivity (Wildman–Crippen MR) is 101 cm³/mol. The Morgan fingerprint density at radius 3 is 2.77 bits per heavy atom. The number of hydrogen-bond donors (Lipinski definition) is 2. The number of aromatic nitrogens is 1. The van der Waals surface area contributed by atoms with E-state index in [9.17, 15) is 13.6 Å². The van der Waals surface area contributed by atoms with E-state index < -0.39 is 17.7 Å². The normalized spacial score (nSPS) is 13.2. The number of nitrogens with two attached hydrogens (primary N) is 1. The number of aryl methyl sites for hydroxylation is 1. The van der Waals surface area contributed by atoms with Crippen LogP contribution in [-0.4, -0.2) is 35.0 Å². The highest BCUT2D eigenvalue weighted by molar-refractivity contribution is 7.98. The van der Waals surface area contributed by atoms with Crippen LogP contribution in [0.25, 0.3) is 0 Å². The highest BCUT2D eigenvalue weighted by Crippen LogP contribution is 2.14. The first-order valence-electron chi connectivity index (χ1n) is 8.38. The molecule has 0 bridgehead atoms. The van der Waals surface area contributed by atoms with Gasteiger partial charge in [-0.1, -0.05) is 12.1 Å². The van der Waals surface area contributed by atoms with E-state index in [2.05, 4.69) is 10.3 Å². The Kier molecular flexibility index (Phi) is 8.00. The minimum atomic E-state index is -0.667. The zero-order valence-corrected chi connectivity index (χ0v) is 15.4. The molecule has 140 valence electrons. The lowest BCUT2D eigenvalue weighted by Crippen LogP contribution is -2.47. The fourth-order valence-electron chi connectivity index (χ4n) is 2.59. The van der Waals surface area contributed by atoms with E-state index in [-0.39, 0.29) is 18.4 Å². The molecule has 26 heavy (non-hydrogen) atoms.